The van der Waals surface area contributed by atoms with Gasteiger partial charge in [-0.05, 0) is 49.6 Å². The summed E-state index contributed by atoms with van der Waals surface area (Å²) in [7, 11) is 0. The van der Waals surface area contributed by atoms with Gasteiger partial charge in [0.1, 0.15) is 11.5 Å². The molecule has 1 fully saturated rings. The van der Waals surface area contributed by atoms with Gasteiger partial charge in [0, 0.05) is 56.1 Å². The first kappa shape index (κ1) is 26.2. The molecule has 4 aromatic rings. The van der Waals surface area contributed by atoms with Crippen LogP contribution in [0.5, 0.6) is 0 Å². The van der Waals surface area contributed by atoms with Crippen LogP contribution in [0.25, 0.3) is 22.2 Å². The van der Waals surface area contributed by atoms with Crippen LogP contribution in [0.15, 0.2) is 48.8 Å². The highest BCUT2D eigenvalue weighted by molar-refractivity contribution is 6.00. The van der Waals surface area contributed by atoms with E-state index in [2.05, 4.69) is 35.7 Å². The minimum atomic E-state index is -1.06. The lowest BCUT2D eigenvalue weighted by molar-refractivity contribution is -0.119. The molecule has 1 aliphatic rings. The first-order valence-electron chi connectivity index (χ1n) is 12.7. The van der Waals surface area contributed by atoms with Crippen LogP contribution in [-0.2, 0) is 16.9 Å². The molecule has 0 unspecified atom stereocenters. The molecule has 0 aliphatic carbocycles. The van der Waals surface area contributed by atoms with Gasteiger partial charge in [0.15, 0.2) is 11.5 Å². The molecule has 0 bridgehead atoms. The second-order valence-electron chi connectivity index (χ2n) is 10.2. The first-order chi connectivity index (χ1) is 18.6. The van der Waals surface area contributed by atoms with Gasteiger partial charge in [-0.1, -0.05) is 18.2 Å². The second kappa shape index (κ2) is 10.4. The van der Waals surface area contributed by atoms with Crippen molar-refractivity contribution in [1.82, 2.24) is 30.8 Å². The van der Waals surface area contributed by atoms with Gasteiger partial charge in [-0.3, -0.25) is 19.7 Å². The summed E-state index contributed by atoms with van der Waals surface area (Å²) in [5.41, 5.74) is 2.05. The van der Waals surface area contributed by atoms with Crippen LogP contribution in [0.2, 0.25) is 0 Å². The van der Waals surface area contributed by atoms with E-state index in [0.29, 0.717) is 34.7 Å². The van der Waals surface area contributed by atoms with Crippen LogP contribution >= 0.6 is 0 Å². The fourth-order valence-corrected chi connectivity index (χ4v) is 4.78. The number of carbonyl (C=O) groups excluding carboxylic acids is 2. The quantitative estimate of drug-likeness (QED) is 0.288. The molecule has 1 saturated heterocycles. The van der Waals surface area contributed by atoms with Crippen LogP contribution < -0.4 is 15.5 Å². The molecule has 11 heteroatoms. The number of aromatic nitrogens is 4. The fraction of sp³-hybridized carbons (Fsp3) is 0.321. The Hall–Kier alpha value is -4.38. The number of H-pyrrole nitrogens is 1. The molecule has 0 radical (unpaired) electrons. The van der Waals surface area contributed by atoms with Crippen molar-refractivity contribution < 1.29 is 19.1 Å². The highest BCUT2D eigenvalue weighted by atomic mass is 19.1. The number of anilines is 1. The van der Waals surface area contributed by atoms with E-state index in [-0.39, 0.29) is 24.2 Å². The topological polar surface area (TPSA) is 136 Å². The summed E-state index contributed by atoms with van der Waals surface area (Å²) >= 11 is 0. The maximum absolute atomic E-state index is 15.2. The zero-order valence-electron chi connectivity index (χ0n) is 22.0. The van der Waals surface area contributed by atoms with Crippen molar-refractivity contribution in [1.29, 1.82) is 0 Å². The number of aliphatic hydroxyl groups is 1. The SMILES string of the molecule is CC(=O)N[C@@H]1CCN(c2n[nH]c3nccc(-c4ccc(CNC(=O)c5ccc(C(C)(C)O)cn5)c(F)c4)c23)C1. The van der Waals surface area contributed by atoms with E-state index in [0.717, 1.165) is 23.9 Å². The number of amides is 2. The van der Waals surface area contributed by atoms with E-state index < -0.39 is 17.3 Å². The number of halogens is 1. The lowest BCUT2D eigenvalue weighted by atomic mass is 10.0. The summed E-state index contributed by atoms with van der Waals surface area (Å²) < 4.78 is 15.2. The number of hydrogen-bond acceptors (Lipinski definition) is 7. The molecule has 3 aromatic heterocycles. The summed E-state index contributed by atoms with van der Waals surface area (Å²) in [5, 5.41) is 23.9. The highest BCUT2D eigenvalue weighted by Crippen LogP contribution is 2.35. The highest BCUT2D eigenvalue weighted by Gasteiger charge is 2.27. The number of nitrogens with one attached hydrogen (secondary N) is 3. The standard InChI is InChI=1S/C28H30FN7O3/c1-16(37)33-20-9-11-36(15-20)26-24-21(8-10-30-25(24)34-35-26)17-4-5-18(22(29)12-17)13-32-27(38)23-7-6-19(14-31-23)28(2,3)39/h4-8,10,12,14,20,39H,9,11,13,15H2,1-3H3,(H,32,38)(H,33,37)(H,30,34,35)/t20-/m1/s1. The van der Waals surface area contributed by atoms with Gasteiger partial charge in [-0.25, -0.2) is 9.37 Å². The molecule has 0 saturated carbocycles. The monoisotopic (exact) mass is 531 g/mol. The third-order valence-electron chi connectivity index (χ3n) is 6.84. The smallest absolute Gasteiger partial charge is 0.270 e. The Morgan fingerprint density at radius 2 is 2.03 bits per heavy atom. The molecule has 39 heavy (non-hydrogen) atoms. The van der Waals surface area contributed by atoms with Gasteiger partial charge >= 0.3 is 0 Å². The van der Waals surface area contributed by atoms with Crippen molar-refractivity contribution in [2.45, 2.75) is 45.4 Å². The number of carbonyl (C=O) groups is 2. The molecule has 4 heterocycles. The summed E-state index contributed by atoms with van der Waals surface area (Å²) in [5.74, 6) is -0.258. The average molecular weight is 532 g/mol. The van der Waals surface area contributed by atoms with Crippen molar-refractivity contribution in [3.63, 3.8) is 0 Å². The summed E-state index contributed by atoms with van der Waals surface area (Å²) in [4.78, 5) is 34.6. The normalized spacial score (nSPS) is 15.5. The van der Waals surface area contributed by atoms with Crippen LogP contribution in [-0.4, -0.2) is 56.2 Å². The zero-order chi connectivity index (χ0) is 27.7. The predicted molar refractivity (Wildman–Crippen MR) is 144 cm³/mol. The molecule has 202 valence electrons. The van der Waals surface area contributed by atoms with E-state index >= 15 is 4.39 Å². The Kier molecular flexibility index (Phi) is 7.00. The predicted octanol–water partition coefficient (Wildman–Crippen LogP) is 3.03. The lowest BCUT2D eigenvalue weighted by Crippen LogP contribution is -2.35. The molecular formula is C28H30FN7O3. The average Bonchev–Trinajstić information content (AvgIpc) is 3.53. The van der Waals surface area contributed by atoms with Crippen LogP contribution in [0.1, 0.15) is 48.8 Å². The third kappa shape index (κ3) is 5.58. The van der Waals surface area contributed by atoms with Crippen LogP contribution in [0.3, 0.4) is 0 Å². The first-order valence-corrected chi connectivity index (χ1v) is 12.7. The van der Waals surface area contributed by atoms with Crippen molar-refractivity contribution in [2.24, 2.45) is 0 Å². The van der Waals surface area contributed by atoms with E-state index in [1.165, 1.54) is 25.3 Å². The maximum Gasteiger partial charge on any atom is 0.270 e. The molecule has 5 rings (SSSR count). The number of benzene rings is 1. The maximum atomic E-state index is 15.2. The fourth-order valence-electron chi connectivity index (χ4n) is 4.78. The molecule has 1 atom stereocenters. The second-order valence-corrected chi connectivity index (χ2v) is 10.2. The van der Waals surface area contributed by atoms with Gasteiger partial charge in [-0.15, -0.1) is 0 Å². The Balaban J connectivity index is 1.33. The lowest BCUT2D eigenvalue weighted by Gasteiger charge is -2.17. The largest absolute Gasteiger partial charge is 0.386 e. The van der Waals surface area contributed by atoms with E-state index in [4.69, 9.17) is 0 Å². The minimum Gasteiger partial charge on any atom is -0.386 e. The number of pyridine rings is 2. The number of rotatable bonds is 7. The molecule has 1 aromatic carbocycles. The Morgan fingerprint density at radius 1 is 1.21 bits per heavy atom. The summed E-state index contributed by atoms with van der Waals surface area (Å²) in [6.45, 7) is 6.11. The summed E-state index contributed by atoms with van der Waals surface area (Å²) in [6.07, 6.45) is 3.90. The van der Waals surface area contributed by atoms with Gasteiger partial charge in [0.25, 0.3) is 5.91 Å². The van der Waals surface area contributed by atoms with Gasteiger partial charge in [0.2, 0.25) is 5.91 Å². The number of nitrogens with zero attached hydrogens (tertiary/aromatic N) is 4. The number of fused-ring (bicyclic) bond motifs is 1. The summed E-state index contributed by atoms with van der Waals surface area (Å²) in [6, 6.07) is 9.91. The molecule has 1 aliphatic heterocycles. The van der Waals surface area contributed by atoms with Gasteiger partial charge in [0.05, 0.1) is 11.0 Å². The Morgan fingerprint density at radius 3 is 2.72 bits per heavy atom. The van der Waals surface area contributed by atoms with Crippen molar-refractivity contribution in [3.8, 4) is 11.1 Å². The molecule has 10 nitrogen and oxygen atoms in total. The van der Waals surface area contributed by atoms with Crippen LogP contribution in [0, 0.1) is 5.82 Å². The van der Waals surface area contributed by atoms with E-state index in [9.17, 15) is 14.7 Å². The van der Waals surface area contributed by atoms with E-state index in [1.807, 2.05) is 6.07 Å². The number of hydrogen-bond donors (Lipinski definition) is 4. The van der Waals surface area contributed by atoms with Crippen molar-refractivity contribution in [2.75, 3.05) is 18.0 Å². The molecule has 4 N–H and O–H groups in total. The van der Waals surface area contributed by atoms with Crippen LogP contribution in [0.4, 0.5) is 10.2 Å². The zero-order valence-corrected chi connectivity index (χ0v) is 22.0. The van der Waals surface area contributed by atoms with Crippen molar-refractivity contribution >= 4 is 28.7 Å². The van der Waals surface area contributed by atoms with Gasteiger partial charge in [-0.2, -0.15) is 5.10 Å². The van der Waals surface area contributed by atoms with E-state index in [1.54, 1.807) is 38.2 Å². The Labute approximate surface area is 224 Å². The molecular weight excluding hydrogens is 501 g/mol. The van der Waals surface area contributed by atoms with Gasteiger partial charge < -0.3 is 20.6 Å². The molecule has 0 spiro atoms. The number of aromatic amines is 1. The Bertz CT molecular complexity index is 1530. The minimum absolute atomic E-state index is 0.0130. The molecule has 2 amide bonds. The third-order valence-corrected chi connectivity index (χ3v) is 6.84. The van der Waals surface area contributed by atoms with Crippen molar-refractivity contribution in [3.05, 3.63) is 71.4 Å².